The number of rotatable bonds is 9. The highest BCUT2D eigenvalue weighted by Gasteiger charge is 2.58. The van der Waals surface area contributed by atoms with Crippen molar-refractivity contribution >= 4 is 37.9 Å². The third-order valence-corrected chi connectivity index (χ3v) is 16.1. The van der Waals surface area contributed by atoms with Crippen LogP contribution in [-0.4, -0.2) is 47.0 Å². The van der Waals surface area contributed by atoms with Crippen molar-refractivity contribution in [3.63, 3.8) is 0 Å². The Labute approximate surface area is 346 Å². The van der Waals surface area contributed by atoms with Gasteiger partial charge in [0, 0.05) is 29.6 Å². The van der Waals surface area contributed by atoms with Crippen LogP contribution in [0.4, 0.5) is 0 Å². The fourth-order valence-electron chi connectivity index (χ4n) is 9.57. The number of benzene rings is 5. The van der Waals surface area contributed by atoms with Crippen LogP contribution in [0.2, 0.25) is 0 Å². The van der Waals surface area contributed by atoms with Crippen LogP contribution in [0.1, 0.15) is 90.9 Å². The highest BCUT2D eigenvalue weighted by Crippen LogP contribution is 2.59. The van der Waals surface area contributed by atoms with Gasteiger partial charge in [0.15, 0.2) is 5.78 Å². The number of fused-ring (bicyclic) bond motifs is 9. The van der Waals surface area contributed by atoms with Crippen molar-refractivity contribution in [2.75, 3.05) is 6.54 Å². The molecule has 4 atom stereocenters. The predicted molar refractivity (Wildman–Crippen MR) is 235 cm³/mol. The molecule has 3 aliphatic carbocycles. The van der Waals surface area contributed by atoms with Crippen molar-refractivity contribution < 1.29 is 23.4 Å². The average Bonchev–Trinajstić information content (AvgIpc) is 3.87. The van der Waals surface area contributed by atoms with E-state index in [9.17, 15) is 18.6 Å². The van der Waals surface area contributed by atoms with Gasteiger partial charge in [0.2, 0.25) is 0 Å². The minimum Gasteiger partial charge on any atom is -0.393 e. The summed E-state index contributed by atoms with van der Waals surface area (Å²) in [6.45, 7) is 4.20. The Balaban J connectivity index is 1.25. The van der Waals surface area contributed by atoms with E-state index >= 15 is 4.79 Å². The third-order valence-electron chi connectivity index (χ3n) is 12.9. The standard InChI is InChI=1S/C50H51NO5S2/c1-35-13-11-28-49(2)46(27-29-50(49,54)34-51(58(55,56)47-22-12-30-57-47)33-39-18-10-17-37-16-6-7-19-41(37)39)43-26-24-36(31-40(52)25-23-35)32-45(43)48(53)44-21-9-8-20-42(44)38-14-4-3-5-15-38/h3-10,12-22,24,26,30,32,40,46,52,54H,11,23,25,27-29,31,33-34H2,1-2H3. The van der Waals surface area contributed by atoms with E-state index in [0.717, 1.165) is 45.0 Å². The maximum Gasteiger partial charge on any atom is 0.252 e. The number of carbonyl (C=O) groups is 1. The van der Waals surface area contributed by atoms with Crippen LogP contribution in [0, 0.1) is 5.41 Å². The second-order valence-electron chi connectivity index (χ2n) is 16.5. The van der Waals surface area contributed by atoms with Gasteiger partial charge in [-0.2, -0.15) is 4.31 Å². The van der Waals surface area contributed by atoms with Crippen LogP contribution in [0.25, 0.3) is 21.9 Å². The molecule has 6 nitrogen and oxygen atoms in total. The first kappa shape index (κ1) is 40.1. The van der Waals surface area contributed by atoms with Gasteiger partial charge in [0.25, 0.3) is 10.0 Å². The molecule has 0 aliphatic heterocycles. The van der Waals surface area contributed by atoms with Crippen molar-refractivity contribution in [1.82, 2.24) is 4.31 Å². The molecule has 0 radical (unpaired) electrons. The van der Waals surface area contributed by atoms with Gasteiger partial charge >= 0.3 is 0 Å². The van der Waals surface area contributed by atoms with E-state index in [1.54, 1.807) is 17.5 Å². The molecule has 9 rings (SSSR count). The minimum atomic E-state index is -4.01. The van der Waals surface area contributed by atoms with Crippen molar-refractivity contribution in [2.45, 2.75) is 87.2 Å². The number of carbonyl (C=O) groups excluding carboxylic acids is 1. The highest BCUT2D eigenvalue weighted by molar-refractivity contribution is 7.91. The van der Waals surface area contributed by atoms with Crippen molar-refractivity contribution in [3.8, 4) is 11.1 Å². The van der Waals surface area contributed by atoms with Gasteiger partial charge in [-0.25, -0.2) is 8.42 Å². The maximum atomic E-state index is 15.1. The Morgan fingerprint density at radius 2 is 1.60 bits per heavy atom. The van der Waals surface area contributed by atoms with E-state index in [1.807, 2.05) is 115 Å². The van der Waals surface area contributed by atoms with Crippen LogP contribution in [0.5, 0.6) is 0 Å². The highest BCUT2D eigenvalue weighted by atomic mass is 32.2. The molecule has 0 spiro atoms. The lowest BCUT2D eigenvalue weighted by Gasteiger charge is -2.46. The molecule has 0 amide bonds. The Morgan fingerprint density at radius 3 is 2.41 bits per heavy atom. The van der Waals surface area contributed by atoms with Gasteiger partial charge in [-0.3, -0.25) is 4.79 Å². The van der Waals surface area contributed by atoms with Gasteiger partial charge in [0.1, 0.15) is 4.21 Å². The first-order valence-electron chi connectivity index (χ1n) is 20.4. The Bertz CT molecular complexity index is 2560. The summed E-state index contributed by atoms with van der Waals surface area (Å²) < 4.78 is 31.1. The quantitative estimate of drug-likeness (QED) is 0.112. The minimum absolute atomic E-state index is 0.0979. The topological polar surface area (TPSA) is 94.9 Å². The molecular weight excluding hydrogens is 759 g/mol. The maximum absolute atomic E-state index is 15.1. The van der Waals surface area contributed by atoms with E-state index in [2.05, 4.69) is 19.9 Å². The van der Waals surface area contributed by atoms with Crippen molar-refractivity contribution in [3.05, 3.63) is 172 Å². The molecule has 8 heteroatoms. The summed E-state index contributed by atoms with van der Waals surface area (Å²) in [5.41, 5.74) is 4.45. The Hall–Kier alpha value is -4.70. The molecule has 3 aliphatic rings. The van der Waals surface area contributed by atoms with Crippen LogP contribution in [0.3, 0.4) is 0 Å². The molecule has 4 unspecified atom stereocenters. The van der Waals surface area contributed by atoms with Crippen LogP contribution in [-0.2, 0) is 23.0 Å². The van der Waals surface area contributed by atoms with Gasteiger partial charge in [-0.15, -0.1) is 11.3 Å². The first-order chi connectivity index (χ1) is 28.0. The number of aliphatic hydroxyl groups excluding tert-OH is 1. The van der Waals surface area contributed by atoms with Crippen molar-refractivity contribution in [2.24, 2.45) is 5.41 Å². The zero-order chi connectivity index (χ0) is 40.5. The lowest BCUT2D eigenvalue weighted by atomic mass is 9.64. The molecule has 1 aromatic heterocycles. The lowest BCUT2D eigenvalue weighted by Crippen LogP contribution is -2.53. The number of sulfonamides is 1. The normalized spacial score (nSPS) is 22.7. The van der Waals surface area contributed by atoms with E-state index in [4.69, 9.17) is 0 Å². The van der Waals surface area contributed by atoms with Crippen molar-refractivity contribution in [1.29, 1.82) is 0 Å². The van der Waals surface area contributed by atoms with Crippen LogP contribution >= 0.6 is 11.3 Å². The Morgan fingerprint density at radius 1 is 0.845 bits per heavy atom. The monoisotopic (exact) mass is 809 g/mol. The molecule has 6 aromatic rings. The summed E-state index contributed by atoms with van der Waals surface area (Å²) in [7, 11) is -4.01. The molecule has 1 fully saturated rings. The average molecular weight is 810 g/mol. The number of nitrogens with zero attached hydrogens (tertiary/aromatic N) is 1. The van der Waals surface area contributed by atoms with E-state index in [1.165, 1.54) is 21.2 Å². The number of ketones is 1. The number of thiophene rings is 1. The fraction of sp³-hybridized carbons (Fsp3) is 0.300. The molecular formula is C50H51NO5S2. The fourth-order valence-corrected chi connectivity index (χ4v) is 12.2. The number of hydrogen-bond acceptors (Lipinski definition) is 6. The summed E-state index contributed by atoms with van der Waals surface area (Å²) in [6.07, 6.45) is 5.56. The number of hydrogen-bond donors (Lipinski definition) is 2. The second kappa shape index (κ2) is 16.5. The SMILES string of the molecule is CC1=CCCC2(C)C(CCC2(O)CN(Cc2cccc3ccccc23)S(=O)(=O)c2cccs2)c2ccc(cc2C(=O)c2ccccc2-c2ccccc2)CC(O)CC1. The summed E-state index contributed by atoms with van der Waals surface area (Å²) in [6, 6.07) is 41.0. The van der Waals surface area contributed by atoms with Gasteiger partial charge in [-0.1, -0.05) is 134 Å². The number of allylic oxidation sites excluding steroid dienone is 2. The molecule has 1 saturated carbocycles. The van der Waals surface area contributed by atoms with Crippen LogP contribution in [0.15, 0.2) is 149 Å². The molecule has 2 bridgehead atoms. The zero-order valence-electron chi connectivity index (χ0n) is 33.2. The van der Waals surface area contributed by atoms with Gasteiger partial charge in [-0.05, 0) is 114 Å². The smallest absolute Gasteiger partial charge is 0.252 e. The molecule has 1 heterocycles. The molecule has 298 valence electrons. The first-order valence-corrected chi connectivity index (χ1v) is 22.7. The summed E-state index contributed by atoms with van der Waals surface area (Å²) in [5.74, 6) is -0.371. The van der Waals surface area contributed by atoms with E-state index in [-0.39, 0.29) is 29.0 Å². The summed E-state index contributed by atoms with van der Waals surface area (Å²) in [4.78, 5) is 15.1. The molecule has 0 saturated heterocycles. The summed E-state index contributed by atoms with van der Waals surface area (Å²) >= 11 is 1.18. The van der Waals surface area contributed by atoms with Crippen LogP contribution < -0.4 is 0 Å². The predicted octanol–water partition coefficient (Wildman–Crippen LogP) is 10.7. The van der Waals surface area contributed by atoms with Gasteiger partial charge in [0.05, 0.1) is 11.7 Å². The largest absolute Gasteiger partial charge is 0.393 e. The zero-order valence-corrected chi connectivity index (χ0v) is 34.8. The van der Waals surface area contributed by atoms with E-state index < -0.39 is 27.1 Å². The molecule has 58 heavy (non-hydrogen) atoms. The third kappa shape index (κ3) is 7.76. The lowest BCUT2D eigenvalue weighted by molar-refractivity contribution is -0.0731. The molecule has 2 N–H and O–H groups in total. The number of aliphatic hydroxyl groups is 2. The second-order valence-corrected chi connectivity index (χ2v) is 19.6. The Kier molecular flexibility index (Phi) is 11.4. The molecule has 5 aromatic carbocycles. The van der Waals surface area contributed by atoms with Gasteiger partial charge < -0.3 is 10.2 Å². The summed E-state index contributed by atoms with van der Waals surface area (Å²) in [5, 5.41) is 28.2. The van der Waals surface area contributed by atoms with E-state index in [0.29, 0.717) is 49.7 Å².